The zero-order valence-corrected chi connectivity index (χ0v) is 17.1. The molecular weight excluding hydrogens is 390 g/mol. The third-order valence-electron chi connectivity index (χ3n) is 5.82. The fraction of sp³-hybridized carbons (Fsp3) is 0.231. The summed E-state index contributed by atoms with van der Waals surface area (Å²) in [6.07, 6.45) is 0.530. The van der Waals surface area contributed by atoms with Gasteiger partial charge in [0, 0.05) is 12.0 Å². The second-order valence-corrected chi connectivity index (χ2v) is 7.93. The van der Waals surface area contributed by atoms with Gasteiger partial charge in [-0.15, -0.1) is 0 Å². The first-order chi connectivity index (χ1) is 15.0. The summed E-state index contributed by atoms with van der Waals surface area (Å²) >= 11 is 0. The van der Waals surface area contributed by atoms with Crippen molar-refractivity contribution in [1.82, 2.24) is 0 Å². The van der Waals surface area contributed by atoms with Gasteiger partial charge in [-0.3, -0.25) is 9.59 Å². The Morgan fingerprint density at radius 3 is 2.00 bits per heavy atom. The summed E-state index contributed by atoms with van der Waals surface area (Å²) in [5, 5.41) is 9.61. The molecule has 5 heteroatoms. The third-order valence-corrected chi connectivity index (χ3v) is 5.82. The molecule has 0 heterocycles. The second-order valence-electron chi connectivity index (χ2n) is 7.93. The summed E-state index contributed by atoms with van der Waals surface area (Å²) in [6, 6.07) is 25.2. The van der Waals surface area contributed by atoms with Crippen LogP contribution in [-0.4, -0.2) is 29.7 Å². The van der Waals surface area contributed by atoms with E-state index in [1.54, 1.807) is 0 Å². The lowest BCUT2D eigenvalue weighted by atomic mass is 9.95. The Morgan fingerprint density at radius 1 is 0.871 bits per heavy atom. The van der Waals surface area contributed by atoms with Gasteiger partial charge in [-0.05, 0) is 40.7 Å². The van der Waals surface area contributed by atoms with Crippen molar-refractivity contribution in [1.29, 1.82) is 0 Å². The summed E-state index contributed by atoms with van der Waals surface area (Å²) in [7, 11) is 0. The Hall–Kier alpha value is -3.44. The quantitative estimate of drug-likeness (QED) is 0.429. The van der Waals surface area contributed by atoms with E-state index in [0.717, 1.165) is 27.8 Å². The predicted octanol–water partition coefficient (Wildman–Crippen LogP) is 4.00. The molecule has 1 aliphatic carbocycles. The monoisotopic (exact) mass is 415 g/mol. The summed E-state index contributed by atoms with van der Waals surface area (Å²) in [5.41, 5.74) is 11.6. The highest BCUT2D eigenvalue weighted by molar-refractivity contribution is 5.94. The Bertz CT molecular complexity index is 1030. The van der Waals surface area contributed by atoms with Crippen molar-refractivity contribution in [3.05, 3.63) is 95.6 Å². The van der Waals surface area contributed by atoms with Crippen LogP contribution in [-0.2, 0) is 20.7 Å². The fourth-order valence-electron chi connectivity index (χ4n) is 4.31. The Morgan fingerprint density at radius 2 is 1.42 bits per heavy atom. The van der Waals surface area contributed by atoms with E-state index >= 15 is 0 Å². The van der Waals surface area contributed by atoms with Gasteiger partial charge in [0.05, 0.1) is 0 Å². The standard InChI is InChI=1S/C26H25NO4/c27-18(14-17-8-2-1-3-9-17)15-23(25(28)29)26(30)31-16-24-21-12-6-4-10-19(21)20-11-5-7-13-22(20)24/h1-13,18,23-24H,14-16,27H2,(H,28,29)/t18?,23-/m1/s1. The van der Waals surface area contributed by atoms with E-state index in [9.17, 15) is 14.7 Å². The van der Waals surface area contributed by atoms with Crippen molar-refractivity contribution in [2.24, 2.45) is 11.7 Å². The van der Waals surface area contributed by atoms with Crippen LogP contribution in [0.2, 0.25) is 0 Å². The van der Waals surface area contributed by atoms with Crippen LogP contribution < -0.4 is 5.73 Å². The minimum atomic E-state index is -1.29. The van der Waals surface area contributed by atoms with Gasteiger partial charge < -0.3 is 15.6 Å². The molecule has 0 aromatic heterocycles. The van der Waals surface area contributed by atoms with Crippen LogP contribution in [0.1, 0.15) is 29.0 Å². The number of benzene rings is 3. The van der Waals surface area contributed by atoms with Gasteiger partial charge in [-0.1, -0.05) is 78.9 Å². The van der Waals surface area contributed by atoms with Gasteiger partial charge in [-0.25, -0.2) is 0 Å². The average molecular weight is 415 g/mol. The van der Waals surface area contributed by atoms with Crippen molar-refractivity contribution in [3.8, 4) is 11.1 Å². The molecule has 0 amide bonds. The van der Waals surface area contributed by atoms with E-state index < -0.39 is 23.9 Å². The van der Waals surface area contributed by atoms with Crippen molar-refractivity contribution < 1.29 is 19.4 Å². The smallest absolute Gasteiger partial charge is 0.320 e. The lowest BCUT2D eigenvalue weighted by Crippen LogP contribution is -2.35. The van der Waals surface area contributed by atoms with E-state index in [4.69, 9.17) is 10.5 Å². The molecule has 2 atom stereocenters. The maximum atomic E-state index is 12.7. The van der Waals surface area contributed by atoms with Gasteiger partial charge in [0.2, 0.25) is 0 Å². The van der Waals surface area contributed by atoms with Crippen LogP contribution >= 0.6 is 0 Å². The minimum absolute atomic E-state index is 0.0287. The fourth-order valence-corrected chi connectivity index (χ4v) is 4.31. The van der Waals surface area contributed by atoms with Gasteiger partial charge in [0.25, 0.3) is 0 Å². The van der Waals surface area contributed by atoms with Gasteiger partial charge in [0.1, 0.15) is 6.61 Å². The van der Waals surface area contributed by atoms with Crippen LogP contribution in [0.3, 0.4) is 0 Å². The van der Waals surface area contributed by atoms with Crippen LogP contribution in [0.4, 0.5) is 0 Å². The average Bonchev–Trinajstić information content (AvgIpc) is 3.10. The molecule has 158 valence electrons. The van der Waals surface area contributed by atoms with E-state index in [1.807, 2.05) is 66.7 Å². The number of carbonyl (C=O) groups is 2. The number of rotatable bonds is 8. The molecule has 5 nitrogen and oxygen atoms in total. The second kappa shape index (κ2) is 9.14. The molecule has 0 saturated heterocycles. The topological polar surface area (TPSA) is 89.6 Å². The highest BCUT2D eigenvalue weighted by Crippen LogP contribution is 2.44. The first-order valence-electron chi connectivity index (χ1n) is 10.4. The molecule has 3 aromatic rings. The Labute approximate surface area is 181 Å². The first-order valence-corrected chi connectivity index (χ1v) is 10.4. The number of ether oxygens (including phenoxy) is 1. The molecule has 0 saturated carbocycles. The Kier molecular flexibility index (Phi) is 6.14. The number of carboxylic acids is 1. The van der Waals surface area contributed by atoms with Gasteiger partial charge in [0.15, 0.2) is 5.92 Å². The van der Waals surface area contributed by atoms with Gasteiger partial charge in [-0.2, -0.15) is 0 Å². The van der Waals surface area contributed by atoms with Crippen LogP contribution in [0.15, 0.2) is 78.9 Å². The number of aliphatic carboxylic acids is 1. The molecule has 1 unspecified atom stereocenters. The number of esters is 1. The van der Waals surface area contributed by atoms with Crippen molar-refractivity contribution in [2.45, 2.75) is 24.8 Å². The van der Waals surface area contributed by atoms with E-state index in [1.165, 1.54) is 0 Å². The lowest BCUT2D eigenvalue weighted by Gasteiger charge is -2.19. The summed E-state index contributed by atoms with van der Waals surface area (Å²) in [6.45, 7) is 0.102. The first kappa shape index (κ1) is 20.8. The Balaban J connectivity index is 1.43. The maximum absolute atomic E-state index is 12.7. The van der Waals surface area contributed by atoms with E-state index in [-0.39, 0.29) is 18.9 Å². The highest BCUT2D eigenvalue weighted by Gasteiger charge is 2.33. The number of nitrogens with two attached hydrogens (primary N) is 1. The molecule has 31 heavy (non-hydrogen) atoms. The molecular formula is C26H25NO4. The predicted molar refractivity (Wildman–Crippen MR) is 119 cm³/mol. The zero-order valence-electron chi connectivity index (χ0n) is 17.1. The molecule has 0 aliphatic heterocycles. The molecule has 0 fully saturated rings. The molecule has 0 radical (unpaired) electrons. The SMILES string of the molecule is NC(Cc1ccccc1)C[C@H](C(=O)O)C(=O)OCC1c2ccccc2-c2ccccc21. The maximum Gasteiger partial charge on any atom is 0.320 e. The number of carbonyl (C=O) groups excluding carboxylic acids is 1. The van der Waals surface area contributed by atoms with Crippen molar-refractivity contribution in [3.63, 3.8) is 0 Å². The zero-order chi connectivity index (χ0) is 21.8. The van der Waals surface area contributed by atoms with E-state index in [2.05, 4.69) is 12.1 Å². The molecule has 1 aliphatic rings. The van der Waals surface area contributed by atoms with Crippen LogP contribution in [0.5, 0.6) is 0 Å². The molecule has 0 spiro atoms. The number of fused-ring (bicyclic) bond motifs is 3. The van der Waals surface area contributed by atoms with Crippen molar-refractivity contribution in [2.75, 3.05) is 6.61 Å². The van der Waals surface area contributed by atoms with Gasteiger partial charge >= 0.3 is 11.9 Å². The summed E-state index contributed by atoms with van der Waals surface area (Å²) in [5.74, 6) is -3.34. The summed E-state index contributed by atoms with van der Waals surface area (Å²) < 4.78 is 5.54. The minimum Gasteiger partial charge on any atom is -0.481 e. The van der Waals surface area contributed by atoms with E-state index in [0.29, 0.717) is 6.42 Å². The number of hydrogen-bond donors (Lipinski definition) is 2. The lowest BCUT2D eigenvalue weighted by molar-refractivity contribution is -0.159. The largest absolute Gasteiger partial charge is 0.481 e. The number of carboxylic acid groups (broad SMARTS) is 1. The van der Waals surface area contributed by atoms with Crippen molar-refractivity contribution >= 4 is 11.9 Å². The van der Waals surface area contributed by atoms with Crippen LogP contribution in [0, 0.1) is 5.92 Å². The number of hydrogen-bond acceptors (Lipinski definition) is 4. The normalized spacial score (nSPS) is 14.4. The third kappa shape index (κ3) is 4.52. The molecule has 3 N–H and O–H groups in total. The summed E-state index contributed by atoms with van der Waals surface area (Å²) in [4.78, 5) is 24.5. The molecule has 3 aromatic carbocycles. The highest BCUT2D eigenvalue weighted by atomic mass is 16.5. The van der Waals surface area contributed by atoms with Crippen LogP contribution in [0.25, 0.3) is 11.1 Å². The molecule has 4 rings (SSSR count). The molecule has 0 bridgehead atoms.